The molecule has 0 spiro atoms. The predicted octanol–water partition coefficient (Wildman–Crippen LogP) is 5.30. The Hall–Kier alpha value is -3.68. The van der Waals surface area contributed by atoms with Crippen molar-refractivity contribution in [3.05, 3.63) is 59.7 Å². The van der Waals surface area contributed by atoms with Gasteiger partial charge in [0.15, 0.2) is 23.0 Å². The number of carbonyl (C=O) groups excluding carboxylic acids is 2. The van der Waals surface area contributed by atoms with Crippen molar-refractivity contribution in [1.82, 2.24) is 9.80 Å². The van der Waals surface area contributed by atoms with Crippen LogP contribution in [0.4, 0.5) is 0 Å². The lowest BCUT2D eigenvalue weighted by atomic mass is 9.52. The lowest BCUT2D eigenvalue weighted by molar-refractivity contribution is -0.146. The summed E-state index contributed by atoms with van der Waals surface area (Å²) in [6, 6.07) is 12.2. The zero-order valence-corrected chi connectivity index (χ0v) is 24.2. The van der Waals surface area contributed by atoms with Crippen LogP contribution in [0.2, 0.25) is 0 Å². The minimum absolute atomic E-state index is 0.0268. The van der Waals surface area contributed by atoms with E-state index in [0.717, 1.165) is 93.3 Å². The molecule has 222 valence electrons. The molecule has 8 nitrogen and oxygen atoms in total. The highest BCUT2D eigenvalue weighted by molar-refractivity contribution is 5.88. The molecule has 1 saturated carbocycles. The van der Waals surface area contributed by atoms with E-state index in [9.17, 15) is 9.59 Å². The summed E-state index contributed by atoms with van der Waals surface area (Å²) in [5.41, 5.74) is 2.25. The van der Waals surface area contributed by atoms with E-state index < -0.39 is 0 Å². The Bertz CT molecular complexity index is 1350. The number of fused-ring (bicyclic) bond motifs is 2. The van der Waals surface area contributed by atoms with Crippen LogP contribution in [0.15, 0.2) is 48.6 Å². The monoisotopic (exact) mass is 572 g/mol. The summed E-state index contributed by atoms with van der Waals surface area (Å²) in [5, 5.41) is 0. The van der Waals surface area contributed by atoms with Crippen molar-refractivity contribution in [1.29, 1.82) is 0 Å². The van der Waals surface area contributed by atoms with Gasteiger partial charge >= 0.3 is 0 Å². The number of piperidine rings is 2. The molecule has 42 heavy (non-hydrogen) atoms. The SMILES string of the molecule is O=C(/C=C\C1[C@@H](CCc2ccc3c(c2)OCO3)C(C(=O)N2CCCCC2)[C@H]1c1ccc2c(c1)OCO2)N1CCCCC1. The van der Waals surface area contributed by atoms with Crippen LogP contribution in [0.25, 0.3) is 0 Å². The smallest absolute Gasteiger partial charge is 0.246 e. The summed E-state index contributed by atoms with van der Waals surface area (Å²) in [4.78, 5) is 31.5. The first-order valence-corrected chi connectivity index (χ1v) is 15.7. The van der Waals surface area contributed by atoms with E-state index in [0.29, 0.717) is 0 Å². The van der Waals surface area contributed by atoms with Gasteiger partial charge in [0.05, 0.1) is 0 Å². The minimum atomic E-state index is -0.155. The molecule has 2 aromatic rings. The van der Waals surface area contributed by atoms with Crippen molar-refractivity contribution in [2.75, 3.05) is 39.8 Å². The average Bonchev–Trinajstić information content (AvgIpc) is 3.70. The topological polar surface area (TPSA) is 77.5 Å². The largest absolute Gasteiger partial charge is 0.454 e. The Labute approximate surface area is 247 Å². The normalized spacial score (nSPS) is 26.4. The van der Waals surface area contributed by atoms with Crippen molar-refractivity contribution in [2.24, 2.45) is 17.8 Å². The van der Waals surface area contributed by atoms with Crippen LogP contribution in [0.5, 0.6) is 23.0 Å². The molecular formula is C34H40N2O6. The molecule has 0 radical (unpaired) electrons. The van der Waals surface area contributed by atoms with Crippen molar-refractivity contribution < 1.29 is 28.5 Å². The Morgan fingerprint density at radius 2 is 1.36 bits per heavy atom. The third kappa shape index (κ3) is 5.32. The summed E-state index contributed by atoms with van der Waals surface area (Å²) in [6.45, 7) is 3.76. The van der Waals surface area contributed by atoms with Crippen LogP contribution in [0, 0.1) is 17.8 Å². The molecule has 7 rings (SSSR count). The first kappa shape index (κ1) is 27.2. The lowest BCUT2D eigenvalue weighted by Gasteiger charge is -2.52. The molecular weight excluding hydrogens is 532 g/mol. The second kappa shape index (κ2) is 11.9. The van der Waals surface area contributed by atoms with Crippen molar-refractivity contribution in [3.8, 4) is 23.0 Å². The van der Waals surface area contributed by atoms with E-state index in [4.69, 9.17) is 18.9 Å². The number of hydrogen-bond donors (Lipinski definition) is 0. The molecule has 2 aromatic carbocycles. The Morgan fingerprint density at radius 3 is 2.07 bits per heavy atom. The van der Waals surface area contributed by atoms with Crippen LogP contribution in [0.1, 0.15) is 62.0 Å². The molecule has 3 fully saturated rings. The van der Waals surface area contributed by atoms with Crippen LogP contribution >= 0.6 is 0 Å². The van der Waals surface area contributed by atoms with Gasteiger partial charge in [-0.05, 0) is 105 Å². The number of ether oxygens (including phenoxy) is 4. The van der Waals surface area contributed by atoms with E-state index >= 15 is 0 Å². The zero-order valence-electron chi connectivity index (χ0n) is 24.2. The minimum Gasteiger partial charge on any atom is -0.454 e. The molecule has 0 N–H and O–H groups in total. The number of nitrogens with zero attached hydrogens (tertiary/aromatic N) is 2. The van der Waals surface area contributed by atoms with Gasteiger partial charge in [0, 0.05) is 38.0 Å². The van der Waals surface area contributed by atoms with E-state index in [-0.39, 0.29) is 49.1 Å². The highest BCUT2D eigenvalue weighted by Crippen LogP contribution is 2.57. The van der Waals surface area contributed by atoms with E-state index in [1.807, 2.05) is 23.1 Å². The molecule has 4 atom stereocenters. The second-order valence-corrected chi connectivity index (χ2v) is 12.3. The van der Waals surface area contributed by atoms with Crippen molar-refractivity contribution in [2.45, 2.75) is 57.3 Å². The molecule has 5 aliphatic rings. The molecule has 4 aliphatic heterocycles. The summed E-state index contributed by atoms with van der Waals surface area (Å²) in [7, 11) is 0. The van der Waals surface area contributed by atoms with Gasteiger partial charge in [-0.25, -0.2) is 0 Å². The number of hydrogen-bond acceptors (Lipinski definition) is 6. The summed E-state index contributed by atoms with van der Waals surface area (Å²) in [6.07, 6.45) is 12.2. The lowest BCUT2D eigenvalue weighted by Crippen LogP contribution is -2.54. The fourth-order valence-corrected chi connectivity index (χ4v) is 7.56. The third-order valence-electron chi connectivity index (χ3n) is 9.82. The first-order valence-electron chi connectivity index (χ1n) is 15.7. The maximum absolute atomic E-state index is 14.2. The Morgan fingerprint density at radius 1 is 0.738 bits per heavy atom. The molecule has 4 heterocycles. The highest BCUT2D eigenvalue weighted by Gasteiger charge is 2.54. The van der Waals surface area contributed by atoms with Crippen LogP contribution in [0.3, 0.4) is 0 Å². The fraction of sp³-hybridized carbons (Fsp3) is 0.529. The Balaban J connectivity index is 1.19. The van der Waals surface area contributed by atoms with Gasteiger partial charge < -0.3 is 28.7 Å². The molecule has 0 bridgehead atoms. The molecule has 2 amide bonds. The van der Waals surface area contributed by atoms with Gasteiger partial charge in [-0.2, -0.15) is 0 Å². The Kier molecular flexibility index (Phi) is 7.70. The second-order valence-electron chi connectivity index (χ2n) is 12.3. The number of rotatable bonds is 7. The van der Waals surface area contributed by atoms with Gasteiger partial charge in [0.1, 0.15) is 0 Å². The zero-order chi connectivity index (χ0) is 28.5. The quantitative estimate of drug-likeness (QED) is 0.419. The van der Waals surface area contributed by atoms with Gasteiger partial charge in [0.25, 0.3) is 0 Å². The summed E-state index contributed by atoms with van der Waals surface area (Å²) >= 11 is 0. The maximum atomic E-state index is 14.2. The maximum Gasteiger partial charge on any atom is 0.246 e. The van der Waals surface area contributed by atoms with Crippen LogP contribution < -0.4 is 18.9 Å². The van der Waals surface area contributed by atoms with Crippen molar-refractivity contribution >= 4 is 11.8 Å². The summed E-state index contributed by atoms with van der Waals surface area (Å²) in [5.74, 6) is 3.36. The number of allylic oxidation sites excluding steroid dienone is 1. The van der Waals surface area contributed by atoms with Gasteiger partial charge in [-0.3, -0.25) is 9.59 Å². The van der Waals surface area contributed by atoms with Gasteiger partial charge in [-0.1, -0.05) is 18.2 Å². The first-order chi connectivity index (χ1) is 20.7. The molecule has 0 aromatic heterocycles. The fourth-order valence-electron chi connectivity index (χ4n) is 7.56. The molecule has 1 aliphatic carbocycles. The number of amides is 2. The number of carbonyl (C=O) groups is 2. The van der Waals surface area contributed by atoms with Crippen LogP contribution in [-0.4, -0.2) is 61.4 Å². The number of likely N-dealkylation sites (tertiary alicyclic amines) is 2. The van der Waals surface area contributed by atoms with Crippen LogP contribution in [-0.2, 0) is 16.0 Å². The van der Waals surface area contributed by atoms with Gasteiger partial charge in [-0.15, -0.1) is 0 Å². The number of aryl methyl sites for hydroxylation is 1. The highest BCUT2D eigenvalue weighted by atomic mass is 16.7. The van der Waals surface area contributed by atoms with E-state index in [1.54, 1.807) is 6.08 Å². The third-order valence-corrected chi connectivity index (χ3v) is 9.82. The molecule has 2 unspecified atom stereocenters. The van der Waals surface area contributed by atoms with E-state index in [1.165, 1.54) is 18.4 Å². The van der Waals surface area contributed by atoms with E-state index in [2.05, 4.69) is 29.2 Å². The van der Waals surface area contributed by atoms with Gasteiger partial charge in [0.2, 0.25) is 25.4 Å². The summed E-state index contributed by atoms with van der Waals surface area (Å²) < 4.78 is 22.4. The standard InChI is InChI=1S/C34H40N2O6/c37-31(35-15-3-1-4-16-35)14-11-25-26(10-7-23-8-12-27-29(19-23)41-21-39-27)33(34(38)36-17-5-2-6-18-36)32(25)24-9-13-28-30(20-24)42-22-40-28/h8-9,11-14,19-20,25-26,32-33H,1-7,10,15-18,21-22H2/b14-11-/t25?,26-,32+,33?/m1/s1. The molecule has 8 heteroatoms. The average molecular weight is 573 g/mol. The molecule has 2 saturated heterocycles. The predicted molar refractivity (Wildman–Crippen MR) is 157 cm³/mol. The van der Waals surface area contributed by atoms with Crippen molar-refractivity contribution in [3.63, 3.8) is 0 Å². The number of benzene rings is 2.